The van der Waals surface area contributed by atoms with Gasteiger partial charge in [0.25, 0.3) is 5.91 Å². The third kappa shape index (κ3) is 6.69. The Bertz CT molecular complexity index is 1070. The molecule has 1 N–H and O–H groups in total. The van der Waals surface area contributed by atoms with Crippen molar-refractivity contribution in [2.75, 3.05) is 13.2 Å². The number of aryl methyl sites for hydroxylation is 1. The van der Waals surface area contributed by atoms with E-state index < -0.39 is 17.3 Å². The van der Waals surface area contributed by atoms with Crippen molar-refractivity contribution < 1.29 is 27.9 Å². The normalized spacial score (nSPS) is 17.6. The second-order valence-corrected chi connectivity index (χ2v) is 9.44. The lowest BCUT2D eigenvalue weighted by Crippen LogP contribution is -2.56. The van der Waals surface area contributed by atoms with Crippen LogP contribution in [0.4, 0.5) is 9.18 Å². The topological polar surface area (TPSA) is 107 Å². The molecule has 2 heterocycles. The Labute approximate surface area is 202 Å². The van der Waals surface area contributed by atoms with Gasteiger partial charge in [-0.25, -0.2) is 9.18 Å². The predicted octanol–water partition coefficient (Wildman–Crippen LogP) is 4.23. The first-order valence-electron chi connectivity index (χ1n) is 10.8. The Hall–Kier alpha value is -3.14. The van der Waals surface area contributed by atoms with Gasteiger partial charge in [-0.1, -0.05) is 18.2 Å². The number of nitrogens with zero attached hydrogens (tertiary/aromatic N) is 3. The van der Waals surface area contributed by atoms with Gasteiger partial charge in [-0.2, -0.15) is 0 Å². The van der Waals surface area contributed by atoms with Gasteiger partial charge in [0.1, 0.15) is 17.2 Å². The van der Waals surface area contributed by atoms with Crippen molar-refractivity contribution in [3.63, 3.8) is 0 Å². The molecule has 184 valence electrons. The molecule has 1 fully saturated rings. The largest absolute Gasteiger partial charge is 0.484 e. The number of halogens is 2. The van der Waals surface area contributed by atoms with Gasteiger partial charge >= 0.3 is 6.09 Å². The molecule has 1 aliphatic rings. The summed E-state index contributed by atoms with van der Waals surface area (Å²) in [7, 11) is 0. The molecule has 11 heteroatoms. The molecule has 34 heavy (non-hydrogen) atoms. The van der Waals surface area contributed by atoms with Crippen LogP contribution in [0.2, 0.25) is 5.02 Å². The molecule has 2 atom stereocenters. The highest BCUT2D eigenvalue weighted by molar-refractivity contribution is 6.30. The van der Waals surface area contributed by atoms with Gasteiger partial charge in [-0.05, 0) is 46.2 Å². The number of amides is 2. The molecule has 2 amide bonds. The number of hydrogen-bond acceptors (Lipinski definition) is 7. The van der Waals surface area contributed by atoms with Crippen molar-refractivity contribution >= 4 is 23.6 Å². The van der Waals surface area contributed by atoms with Crippen LogP contribution < -0.4 is 10.1 Å². The Morgan fingerprint density at radius 1 is 1.35 bits per heavy atom. The van der Waals surface area contributed by atoms with Crippen LogP contribution in [-0.4, -0.2) is 51.9 Å². The van der Waals surface area contributed by atoms with Crippen molar-refractivity contribution in [3.8, 4) is 5.75 Å². The van der Waals surface area contributed by atoms with E-state index in [-0.39, 0.29) is 35.4 Å². The second-order valence-electron chi connectivity index (χ2n) is 9.03. The fourth-order valence-electron chi connectivity index (χ4n) is 3.24. The Balaban J connectivity index is 1.40. The number of hydrogen-bond donors (Lipinski definition) is 1. The fourth-order valence-corrected chi connectivity index (χ4v) is 3.36. The van der Waals surface area contributed by atoms with Crippen molar-refractivity contribution in [3.05, 3.63) is 53.1 Å². The van der Waals surface area contributed by atoms with Crippen LogP contribution in [-0.2, 0) is 16.0 Å². The summed E-state index contributed by atoms with van der Waals surface area (Å²) < 4.78 is 29.8. The lowest BCUT2D eigenvalue weighted by Gasteiger charge is -2.44. The van der Waals surface area contributed by atoms with Crippen LogP contribution in [0.5, 0.6) is 5.75 Å². The zero-order valence-electron chi connectivity index (χ0n) is 19.6. The van der Waals surface area contributed by atoms with E-state index in [9.17, 15) is 14.0 Å². The summed E-state index contributed by atoms with van der Waals surface area (Å²) in [6.07, 6.45) is 0.396. The van der Waals surface area contributed by atoms with Crippen LogP contribution in [0.25, 0.3) is 0 Å². The molecule has 0 aliphatic carbocycles. The number of benzene rings is 1. The number of ether oxygens (including phenoxy) is 2. The van der Waals surface area contributed by atoms with E-state index in [0.29, 0.717) is 36.9 Å². The maximum absolute atomic E-state index is 13.4. The van der Waals surface area contributed by atoms with E-state index in [1.165, 1.54) is 12.1 Å². The average molecular weight is 495 g/mol. The third-order valence-corrected chi connectivity index (χ3v) is 5.42. The van der Waals surface area contributed by atoms with Gasteiger partial charge in [0.05, 0.1) is 10.9 Å². The van der Waals surface area contributed by atoms with Crippen LogP contribution in [0, 0.1) is 5.82 Å². The summed E-state index contributed by atoms with van der Waals surface area (Å²) in [5, 5.41) is 10.7. The number of aromatic nitrogens is 2. The zero-order chi connectivity index (χ0) is 25.0. The third-order valence-electron chi connectivity index (χ3n) is 5.11. The van der Waals surface area contributed by atoms with E-state index in [1.54, 1.807) is 4.90 Å². The summed E-state index contributed by atoms with van der Waals surface area (Å²) in [6.45, 7) is 11.3. The summed E-state index contributed by atoms with van der Waals surface area (Å²) in [6, 6.07) is 3.80. The smallest absolute Gasteiger partial charge is 0.410 e. The van der Waals surface area contributed by atoms with Gasteiger partial charge in [-0.15, -0.1) is 10.2 Å². The first kappa shape index (κ1) is 25.5. The molecule has 1 aromatic heterocycles. The van der Waals surface area contributed by atoms with Crippen molar-refractivity contribution in [1.29, 1.82) is 0 Å². The van der Waals surface area contributed by atoms with Crippen LogP contribution in [0.1, 0.15) is 51.8 Å². The summed E-state index contributed by atoms with van der Waals surface area (Å²) in [5.74, 6) is -0.0707. The minimum atomic E-state index is -0.628. The molecule has 9 nitrogen and oxygen atoms in total. The number of carbonyl (C=O) groups is 2. The minimum Gasteiger partial charge on any atom is -0.484 e. The van der Waals surface area contributed by atoms with Crippen molar-refractivity contribution in [2.45, 2.75) is 58.1 Å². The van der Waals surface area contributed by atoms with Gasteiger partial charge in [0.15, 0.2) is 6.61 Å². The SMILES string of the molecule is C=C(CCc1nnc(C2CN(C(=O)OC(C)(C)C)C2C)o1)NC(=O)COc1ccc(Cl)c(F)c1. The standard InChI is InChI=1S/C23H28ClFN4O5/c1-13(26-19(30)12-32-15-7-8-17(24)18(25)10-15)6-9-20-27-28-21(33-20)16-11-29(14(16)2)22(31)34-23(3,4)5/h7-8,10,14,16H,1,6,9,11-12H2,2-5H3,(H,26,30). The molecule has 0 bridgehead atoms. The first-order valence-corrected chi connectivity index (χ1v) is 11.2. The van der Waals surface area contributed by atoms with Gasteiger partial charge < -0.3 is 24.1 Å². The quantitative estimate of drug-likeness (QED) is 0.585. The summed E-state index contributed by atoms with van der Waals surface area (Å²) >= 11 is 5.62. The van der Waals surface area contributed by atoms with E-state index in [1.807, 2.05) is 27.7 Å². The van der Waals surface area contributed by atoms with E-state index in [2.05, 4.69) is 22.1 Å². The van der Waals surface area contributed by atoms with Gasteiger partial charge in [0.2, 0.25) is 11.8 Å². The molecule has 0 spiro atoms. The minimum absolute atomic E-state index is 0.0264. The van der Waals surface area contributed by atoms with Gasteiger partial charge in [0, 0.05) is 30.8 Å². The number of likely N-dealkylation sites (tertiary alicyclic amines) is 1. The molecule has 1 aromatic carbocycles. The van der Waals surface area contributed by atoms with Crippen molar-refractivity contribution in [1.82, 2.24) is 20.4 Å². The molecule has 1 aliphatic heterocycles. The monoisotopic (exact) mass is 494 g/mol. The van der Waals surface area contributed by atoms with Crippen molar-refractivity contribution in [2.24, 2.45) is 0 Å². The van der Waals surface area contributed by atoms with E-state index in [0.717, 1.165) is 6.07 Å². The Kier molecular flexibility index (Phi) is 7.81. The first-order chi connectivity index (χ1) is 15.9. The lowest BCUT2D eigenvalue weighted by atomic mass is 9.90. The molecule has 0 radical (unpaired) electrons. The molecule has 0 saturated carbocycles. The maximum atomic E-state index is 13.4. The fraction of sp³-hybridized carbons (Fsp3) is 0.478. The highest BCUT2D eigenvalue weighted by Gasteiger charge is 2.44. The highest BCUT2D eigenvalue weighted by atomic mass is 35.5. The van der Waals surface area contributed by atoms with Crippen LogP contribution in [0.3, 0.4) is 0 Å². The number of carbonyl (C=O) groups excluding carboxylic acids is 2. The molecule has 3 rings (SSSR count). The predicted molar refractivity (Wildman–Crippen MR) is 122 cm³/mol. The summed E-state index contributed by atoms with van der Waals surface area (Å²) in [5.41, 5.74) is -0.110. The Morgan fingerprint density at radius 2 is 2.09 bits per heavy atom. The average Bonchev–Trinajstić information content (AvgIpc) is 3.19. The number of nitrogens with one attached hydrogen (secondary N) is 1. The zero-order valence-corrected chi connectivity index (χ0v) is 20.3. The Morgan fingerprint density at radius 3 is 2.74 bits per heavy atom. The van der Waals surface area contributed by atoms with E-state index >= 15 is 0 Å². The second kappa shape index (κ2) is 10.4. The molecular formula is C23H28ClFN4O5. The molecular weight excluding hydrogens is 467 g/mol. The van der Waals surface area contributed by atoms with Crippen LogP contribution >= 0.6 is 11.6 Å². The highest BCUT2D eigenvalue weighted by Crippen LogP contribution is 2.34. The lowest BCUT2D eigenvalue weighted by molar-refractivity contribution is -0.122. The molecule has 2 aromatic rings. The molecule has 1 saturated heterocycles. The number of allylic oxidation sites excluding steroid dienone is 1. The van der Waals surface area contributed by atoms with E-state index in [4.69, 9.17) is 25.5 Å². The maximum Gasteiger partial charge on any atom is 0.410 e. The van der Waals surface area contributed by atoms with Gasteiger partial charge in [-0.3, -0.25) is 4.79 Å². The number of rotatable bonds is 8. The molecule has 2 unspecified atom stereocenters. The van der Waals surface area contributed by atoms with Crippen LogP contribution in [0.15, 0.2) is 34.9 Å². The summed E-state index contributed by atoms with van der Waals surface area (Å²) in [4.78, 5) is 25.9.